The van der Waals surface area contributed by atoms with Crippen LogP contribution in [0.4, 0.5) is 0 Å². The molecule has 0 heterocycles. The summed E-state index contributed by atoms with van der Waals surface area (Å²) in [6.45, 7) is 2.19. The van der Waals surface area contributed by atoms with Crippen molar-refractivity contribution in [2.45, 2.75) is 58.3 Å². The highest BCUT2D eigenvalue weighted by Crippen LogP contribution is 2.15. The van der Waals surface area contributed by atoms with Gasteiger partial charge in [-0.1, -0.05) is 45.4 Å². The lowest BCUT2D eigenvalue weighted by molar-refractivity contribution is -0.311. The molecule has 0 amide bonds. The van der Waals surface area contributed by atoms with E-state index < -0.39 is 5.97 Å². The third-order valence-electron chi connectivity index (χ3n) is 2.72. The lowest BCUT2D eigenvalue weighted by Gasteiger charge is -2.16. The smallest absolute Gasteiger partial charge is 0.0445 e. The zero-order valence-corrected chi connectivity index (χ0v) is 10.6. The van der Waals surface area contributed by atoms with E-state index >= 15 is 0 Å². The Hall–Kier alpha value is -0.180. The number of aliphatic carboxylic acids is 1. The standard InChI is InChI=1S/C12H24O2S/c1-2-3-4-5-6-7-8-11(9-10-15)12(13)14/h11,15H,2-10H2,1H3,(H,13,14)/p-1. The minimum Gasteiger partial charge on any atom is -0.550 e. The molecule has 0 N–H and O–H groups in total. The van der Waals surface area contributed by atoms with Crippen molar-refractivity contribution in [1.82, 2.24) is 0 Å². The van der Waals surface area contributed by atoms with Crippen LogP contribution >= 0.6 is 12.6 Å². The van der Waals surface area contributed by atoms with Gasteiger partial charge in [0.1, 0.15) is 0 Å². The number of rotatable bonds is 10. The summed E-state index contributed by atoms with van der Waals surface area (Å²) in [5.74, 6) is -0.555. The Kier molecular flexibility index (Phi) is 10.2. The summed E-state index contributed by atoms with van der Waals surface area (Å²) in [4.78, 5) is 10.7. The number of thiol groups is 1. The van der Waals surface area contributed by atoms with Gasteiger partial charge in [0, 0.05) is 5.97 Å². The van der Waals surface area contributed by atoms with E-state index in [4.69, 9.17) is 0 Å². The summed E-state index contributed by atoms with van der Waals surface area (Å²) in [5.41, 5.74) is 0. The normalized spacial score (nSPS) is 12.7. The van der Waals surface area contributed by atoms with Crippen LogP contribution in [0.1, 0.15) is 58.3 Å². The van der Waals surface area contributed by atoms with Gasteiger partial charge in [-0.15, -0.1) is 0 Å². The van der Waals surface area contributed by atoms with Crippen LogP contribution in [-0.4, -0.2) is 11.7 Å². The molecule has 0 rings (SSSR count). The molecule has 0 aromatic carbocycles. The van der Waals surface area contributed by atoms with Gasteiger partial charge in [0.2, 0.25) is 0 Å². The van der Waals surface area contributed by atoms with E-state index in [-0.39, 0.29) is 5.92 Å². The zero-order valence-electron chi connectivity index (χ0n) is 9.71. The summed E-state index contributed by atoms with van der Waals surface area (Å²) < 4.78 is 0. The van der Waals surface area contributed by atoms with Crippen LogP contribution in [0.3, 0.4) is 0 Å². The molecule has 0 radical (unpaired) electrons. The summed E-state index contributed by atoms with van der Waals surface area (Å²) in [6, 6.07) is 0. The van der Waals surface area contributed by atoms with E-state index in [1.807, 2.05) is 0 Å². The number of carbonyl (C=O) groups is 1. The van der Waals surface area contributed by atoms with Gasteiger partial charge < -0.3 is 9.90 Å². The van der Waals surface area contributed by atoms with Gasteiger partial charge in [-0.25, -0.2) is 0 Å². The summed E-state index contributed by atoms with van der Waals surface area (Å²) >= 11 is 4.05. The first kappa shape index (κ1) is 14.8. The number of hydrogen-bond acceptors (Lipinski definition) is 3. The second kappa shape index (κ2) is 10.3. The van der Waals surface area contributed by atoms with Crippen molar-refractivity contribution >= 4 is 18.6 Å². The number of hydrogen-bond donors (Lipinski definition) is 1. The van der Waals surface area contributed by atoms with Crippen LogP contribution in [0, 0.1) is 5.92 Å². The second-order valence-electron chi connectivity index (χ2n) is 4.08. The molecule has 0 saturated heterocycles. The van der Waals surface area contributed by atoms with Crippen molar-refractivity contribution in [3.8, 4) is 0 Å². The highest BCUT2D eigenvalue weighted by molar-refractivity contribution is 7.80. The van der Waals surface area contributed by atoms with Crippen LogP contribution in [0.25, 0.3) is 0 Å². The highest BCUT2D eigenvalue weighted by atomic mass is 32.1. The Bertz CT molecular complexity index is 160. The zero-order chi connectivity index (χ0) is 11.5. The van der Waals surface area contributed by atoms with Gasteiger partial charge in [0.25, 0.3) is 0 Å². The van der Waals surface area contributed by atoms with Gasteiger partial charge in [0.05, 0.1) is 0 Å². The average molecular weight is 231 g/mol. The van der Waals surface area contributed by atoms with Crippen molar-refractivity contribution in [2.24, 2.45) is 5.92 Å². The summed E-state index contributed by atoms with van der Waals surface area (Å²) in [6.07, 6.45) is 8.61. The van der Waals surface area contributed by atoms with Gasteiger partial charge in [-0.3, -0.25) is 0 Å². The fraction of sp³-hybridized carbons (Fsp3) is 0.917. The molecular weight excluding hydrogens is 208 g/mol. The first-order chi connectivity index (χ1) is 7.22. The molecule has 15 heavy (non-hydrogen) atoms. The molecular formula is C12H23O2S-. The molecule has 0 bridgehead atoms. The monoisotopic (exact) mass is 231 g/mol. The van der Waals surface area contributed by atoms with E-state index in [0.29, 0.717) is 12.2 Å². The van der Waals surface area contributed by atoms with Crippen LogP contribution in [0.2, 0.25) is 0 Å². The first-order valence-electron chi connectivity index (χ1n) is 6.04. The van der Waals surface area contributed by atoms with Crippen molar-refractivity contribution in [3.63, 3.8) is 0 Å². The lowest BCUT2D eigenvalue weighted by Crippen LogP contribution is -2.31. The maximum atomic E-state index is 10.7. The summed E-state index contributed by atoms with van der Waals surface area (Å²) in [7, 11) is 0. The Morgan fingerprint density at radius 3 is 2.27 bits per heavy atom. The lowest BCUT2D eigenvalue weighted by atomic mass is 9.98. The first-order valence-corrected chi connectivity index (χ1v) is 6.67. The molecule has 0 spiro atoms. The maximum Gasteiger partial charge on any atom is 0.0445 e. The number of carboxylic acids is 1. The molecule has 90 valence electrons. The Labute approximate surface area is 98.9 Å². The molecule has 0 fully saturated rings. The number of carboxylic acid groups (broad SMARTS) is 1. The molecule has 0 aromatic rings. The molecule has 0 aromatic heterocycles. The Morgan fingerprint density at radius 1 is 1.13 bits per heavy atom. The fourth-order valence-corrected chi connectivity index (χ4v) is 2.02. The molecule has 0 aliphatic carbocycles. The second-order valence-corrected chi connectivity index (χ2v) is 4.53. The SMILES string of the molecule is CCCCCCCCC(CCS)C(=O)[O-]. The molecule has 1 atom stereocenters. The van der Waals surface area contributed by atoms with E-state index in [9.17, 15) is 9.90 Å². The van der Waals surface area contributed by atoms with Crippen LogP contribution in [-0.2, 0) is 4.79 Å². The van der Waals surface area contributed by atoms with E-state index in [1.165, 1.54) is 25.7 Å². The molecule has 0 saturated carbocycles. The molecule has 0 aliphatic heterocycles. The van der Waals surface area contributed by atoms with Crippen molar-refractivity contribution in [3.05, 3.63) is 0 Å². The van der Waals surface area contributed by atoms with Crippen molar-refractivity contribution < 1.29 is 9.90 Å². The van der Waals surface area contributed by atoms with Crippen LogP contribution < -0.4 is 5.11 Å². The maximum absolute atomic E-state index is 10.7. The minimum atomic E-state index is -0.905. The van der Waals surface area contributed by atoms with E-state index in [0.717, 1.165) is 19.3 Å². The highest BCUT2D eigenvalue weighted by Gasteiger charge is 2.08. The number of carbonyl (C=O) groups excluding carboxylic acids is 1. The quantitative estimate of drug-likeness (QED) is 0.463. The Balaban J connectivity index is 3.41. The van der Waals surface area contributed by atoms with Crippen LogP contribution in [0.15, 0.2) is 0 Å². The molecule has 3 heteroatoms. The van der Waals surface area contributed by atoms with E-state index in [1.54, 1.807) is 0 Å². The third kappa shape index (κ3) is 8.79. The van der Waals surface area contributed by atoms with Crippen molar-refractivity contribution in [2.75, 3.05) is 5.75 Å². The van der Waals surface area contributed by atoms with Gasteiger partial charge in [0.15, 0.2) is 0 Å². The molecule has 0 aliphatic rings. The molecule has 1 unspecified atom stereocenters. The Morgan fingerprint density at radius 2 is 1.73 bits per heavy atom. The predicted molar refractivity (Wildman–Crippen MR) is 65.0 cm³/mol. The van der Waals surface area contributed by atoms with Gasteiger partial charge in [-0.2, -0.15) is 12.6 Å². The van der Waals surface area contributed by atoms with Crippen LogP contribution in [0.5, 0.6) is 0 Å². The fourth-order valence-electron chi connectivity index (χ4n) is 1.71. The van der Waals surface area contributed by atoms with Gasteiger partial charge >= 0.3 is 0 Å². The topological polar surface area (TPSA) is 40.1 Å². The predicted octanol–water partition coefficient (Wildman–Crippen LogP) is 2.42. The minimum absolute atomic E-state index is 0.284. The number of unbranched alkanes of at least 4 members (excludes halogenated alkanes) is 5. The average Bonchev–Trinajstić information content (AvgIpc) is 2.21. The van der Waals surface area contributed by atoms with Gasteiger partial charge in [-0.05, 0) is 24.5 Å². The summed E-state index contributed by atoms with van der Waals surface area (Å²) in [5, 5.41) is 10.7. The van der Waals surface area contributed by atoms with Crippen molar-refractivity contribution in [1.29, 1.82) is 0 Å². The largest absolute Gasteiger partial charge is 0.550 e. The molecule has 2 nitrogen and oxygen atoms in total. The van der Waals surface area contributed by atoms with E-state index in [2.05, 4.69) is 19.6 Å². The third-order valence-corrected chi connectivity index (χ3v) is 2.98.